The van der Waals surface area contributed by atoms with Crippen LogP contribution in [0.2, 0.25) is 0 Å². The SMILES string of the molecule is CCC(CN1CCOCC1)NC(=O)C1CCN(c2ccc(-c3cccs3)nn2)CC1. The molecule has 7 nitrogen and oxygen atoms in total. The van der Waals surface area contributed by atoms with Gasteiger partial charge in [0, 0.05) is 44.7 Å². The second kappa shape index (κ2) is 10.3. The van der Waals surface area contributed by atoms with Crippen LogP contribution < -0.4 is 10.2 Å². The summed E-state index contributed by atoms with van der Waals surface area (Å²) in [6.07, 6.45) is 2.66. The Morgan fingerprint density at radius 2 is 2.00 bits per heavy atom. The number of hydrogen-bond acceptors (Lipinski definition) is 7. The summed E-state index contributed by atoms with van der Waals surface area (Å²) in [5, 5.41) is 14.1. The highest BCUT2D eigenvalue weighted by Crippen LogP contribution is 2.25. The van der Waals surface area contributed by atoms with Crippen molar-refractivity contribution in [1.29, 1.82) is 0 Å². The number of carbonyl (C=O) groups excluding carboxylic acids is 1. The Balaban J connectivity index is 1.25. The van der Waals surface area contributed by atoms with Gasteiger partial charge in [-0.3, -0.25) is 9.69 Å². The summed E-state index contributed by atoms with van der Waals surface area (Å²) in [5.74, 6) is 1.18. The van der Waals surface area contributed by atoms with Gasteiger partial charge in [0.15, 0.2) is 5.82 Å². The lowest BCUT2D eigenvalue weighted by atomic mass is 9.95. The molecule has 0 saturated carbocycles. The van der Waals surface area contributed by atoms with Gasteiger partial charge in [-0.2, -0.15) is 0 Å². The van der Waals surface area contributed by atoms with E-state index in [9.17, 15) is 4.79 Å². The van der Waals surface area contributed by atoms with Crippen molar-refractivity contribution in [2.24, 2.45) is 5.92 Å². The van der Waals surface area contributed by atoms with Crippen LogP contribution in [0.15, 0.2) is 29.6 Å². The van der Waals surface area contributed by atoms with E-state index in [-0.39, 0.29) is 17.9 Å². The van der Waals surface area contributed by atoms with E-state index in [1.54, 1.807) is 11.3 Å². The number of rotatable bonds is 7. The van der Waals surface area contributed by atoms with Crippen molar-refractivity contribution in [3.63, 3.8) is 0 Å². The van der Waals surface area contributed by atoms with Crippen molar-refractivity contribution in [2.75, 3.05) is 50.8 Å². The predicted molar refractivity (Wildman–Crippen MR) is 120 cm³/mol. The fourth-order valence-corrected chi connectivity index (χ4v) is 4.80. The standard InChI is InChI=1S/C22H31N5O2S/c1-2-18(16-26-11-13-29-14-12-26)23-22(28)17-7-9-27(10-8-17)21-6-5-19(24-25-21)20-4-3-15-30-20/h3-6,15,17-18H,2,7-14,16H2,1H3,(H,23,28). The first-order valence-corrected chi connectivity index (χ1v) is 11.8. The molecule has 2 aliphatic rings. The van der Waals surface area contributed by atoms with Crippen LogP contribution >= 0.6 is 11.3 Å². The molecular formula is C22H31N5O2S. The Morgan fingerprint density at radius 1 is 1.20 bits per heavy atom. The van der Waals surface area contributed by atoms with Crippen LogP contribution in [0.4, 0.5) is 5.82 Å². The maximum absolute atomic E-state index is 12.8. The molecule has 0 spiro atoms. The van der Waals surface area contributed by atoms with Gasteiger partial charge in [0.2, 0.25) is 5.91 Å². The lowest BCUT2D eigenvalue weighted by Gasteiger charge is -2.34. The highest BCUT2D eigenvalue weighted by molar-refractivity contribution is 7.13. The number of piperidine rings is 1. The summed E-state index contributed by atoms with van der Waals surface area (Å²) >= 11 is 1.67. The number of hydrogen-bond donors (Lipinski definition) is 1. The maximum Gasteiger partial charge on any atom is 0.223 e. The molecule has 1 atom stereocenters. The van der Waals surface area contributed by atoms with Crippen LogP contribution in [0, 0.1) is 5.92 Å². The van der Waals surface area contributed by atoms with Gasteiger partial charge in [-0.15, -0.1) is 21.5 Å². The number of nitrogens with zero attached hydrogens (tertiary/aromatic N) is 4. The minimum Gasteiger partial charge on any atom is -0.379 e. The van der Waals surface area contributed by atoms with E-state index in [2.05, 4.69) is 38.3 Å². The first-order valence-electron chi connectivity index (χ1n) is 11.0. The lowest BCUT2D eigenvalue weighted by molar-refractivity contribution is -0.126. The molecule has 162 valence electrons. The third-order valence-corrected chi connectivity index (χ3v) is 6.93. The number of ether oxygens (including phenoxy) is 1. The predicted octanol–water partition coefficient (Wildman–Crippen LogP) is 2.65. The van der Waals surface area contributed by atoms with Crippen LogP contribution in [0.3, 0.4) is 0 Å². The Bertz CT molecular complexity index is 784. The van der Waals surface area contributed by atoms with E-state index in [0.29, 0.717) is 0 Å². The van der Waals surface area contributed by atoms with E-state index in [1.165, 1.54) is 0 Å². The fourth-order valence-electron chi connectivity index (χ4n) is 4.11. The Morgan fingerprint density at radius 3 is 2.63 bits per heavy atom. The number of anilines is 1. The van der Waals surface area contributed by atoms with Gasteiger partial charge in [0.05, 0.1) is 18.1 Å². The molecule has 4 heterocycles. The highest BCUT2D eigenvalue weighted by atomic mass is 32.1. The topological polar surface area (TPSA) is 70.6 Å². The summed E-state index contributed by atoms with van der Waals surface area (Å²) in [5.41, 5.74) is 0.911. The molecule has 2 saturated heterocycles. The van der Waals surface area contributed by atoms with Crippen LogP contribution in [0.1, 0.15) is 26.2 Å². The monoisotopic (exact) mass is 429 g/mol. The molecule has 0 aromatic carbocycles. The second-order valence-corrected chi connectivity index (χ2v) is 8.99. The van der Waals surface area contributed by atoms with E-state index in [1.807, 2.05) is 23.6 Å². The summed E-state index contributed by atoms with van der Waals surface area (Å²) < 4.78 is 5.42. The van der Waals surface area contributed by atoms with Gasteiger partial charge in [0.25, 0.3) is 0 Å². The molecule has 1 unspecified atom stereocenters. The van der Waals surface area contributed by atoms with E-state index in [4.69, 9.17) is 4.74 Å². The molecule has 0 bridgehead atoms. The summed E-state index contributed by atoms with van der Waals surface area (Å²) in [6, 6.07) is 8.36. The zero-order valence-corrected chi connectivity index (χ0v) is 18.4. The van der Waals surface area contributed by atoms with E-state index < -0.39 is 0 Å². The largest absolute Gasteiger partial charge is 0.379 e. The van der Waals surface area contributed by atoms with Crippen molar-refractivity contribution in [1.82, 2.24) is 20.4 Å². The second-order valence-electron chi connectivity index (χ2n) is 8.04. The molecule has 2 aliphatic heterocycles. The summed E-state index contributed by atoms with van der Waals surface area (Å²) in [6.45, 7) is 8.23. The van der Waals surface area contributed by atoms with Crippen LogP contribution in [-0.2, 0) is 9.53 Å². The number of amides is 1. The summed E-state index contributed by atoms with van der Waals surface area (Å²) in [4.78, 5) is 18.6. The van der Waals surface area contributed by atoms with Gasteiger partial charge in [-0.25, -0.2) is 0 Å². The van der Waals surface area contributed by atoms with Gasteiger partial charge < -0.3 is 15.0 Å². The molecular weight excluding hydrogens is 398 g/mol. The van der Waals surface area contributed by atoms with Gasteiger partial charge >= 0.3 is 0 Å². The number of nitrogens with one attached hydrogen (secondary N) is 1. The molecule has 8 heteroatoms. The smallest absolute Gasteiger partial charge is 0.223 e. The van der Waals surface area contributed by atoms with Crippen molar-refractivity contribution in [2.45, 2.75) is 32.2 Å². The molecule has 1 N–H and O–H groups in total. The summed E-state index contributed by atoms with van der Waals surface area (Å²) in [7, 11) is 0. The van der Waals surface area contributed by atoms with E-state index >= 15 is 0 Å². The average Bonchev–Trinajstić information content (AvgIpc) is 3.34. The van der Waals surface area contributed by atoms with Crippen molar-refractivity contribution in [3.05, 3.63) is 29.6 Å². The van der Waals surface area contributed by atoms with Crippen molar-refractivity contribution < 1.29 is 9.53 Å². The average molecular weight is 430 g/mol. The molecule has 2 fully saturated rings. The first-order chi connectivity index (χ1) is 14.7. The Labute approximate surface area is 182 Å². The van der Waals surface area contributed by atoms with Gasteiger partial charge in [-0.05, 0) is 42.8 Å². The van der Waals surface area contributed by atoms with Crippen LogP contribution in [0.25, 0.3) is 10.6 Å². The molecule has 0 radical (unpaired) electrons. The number of thiophene rings is 1. The molecule has 4 rings (SSSR count). The maximum atomic E-state index is 12.8. The van der Waals surface area contributed by atoms with Gasteiger partial charge in [0.1, 0.15) is 5.69 Å². The van der Waals surface area contributed by atoms with Gasteiger partial charge in [-0.1, -0.05) is 13.0 Å². The van der Waals surface area contributed by atoms with Crippen LogP contribution in [0.5, 0.6) is 0 Å². The van der Waals surface area contributed by atoms with Crippen LogP contribution in [-0.4, -0.2) is 73.0 Å². The molecule has 0 aliphatic carbocycles. The molecule has 2 aromatic rings. The van der Waals surface area contributed by atoms with Crippen molar-refractivity contribution in [3.8, 4) is 10.6 Å². The first kappa shape index (κ1) is 21.2. The highest BCUT2D eigenvalue weighted by Gasteiger charge is 2.27. The number of aromatic nitrogens is 2. The Hall–Kier alpha value is -2.03. The fraction of sp³-hybridized carbons (Fsp3) is 0.591. The Kier molecular flexibility index (Phi) is 7.30. The third-order valence-electron chi connectivity index (χ3n) is 6.04. The normalized spacial score (nSPS) is 19.6. The number of morpholine rings is 1. The van der Waals surface area contributed by atoms with Crippen molar-refractivity contribution >= 4 is 23.1 Å². The minimum atomic E-state index is 0.0818. The quantitative estimate of drug-likeness (QED) is 0.730. The molecule has 1 amide bonds. The molecule has 2 aromatic heterocycles. The zero-order chi connectivity index (χ0) is 20.8. The lowest BCUT2D eigenvalue weighted by Crippen LogP contribution is -2.49. The zero-order valence-electron chi connectivity index (χ0n) is 17.6. The van der Waals surface area contributed by atoms with E-state index in [0.717, 1.165) is 81.6 Å². The minimum absolute atomic E-state index is 0.0818. The third kappa shape index (κ3) is 5.36. The molecule has 30 heavy (non-hydrogen) atoms. The number of carbonyl (C=O) groups is 1.